The van der Waals surface area contributed by atoms with Crippen molar-refractivity contribution >= 4 is 44.2 Å². The fourth-order valence-electron chi connectivity index (χ4n) is 3.30. The molecule has 3 aromatic carbocycles. The van der Waals surface area contributed by atoms with Crippen molar-refractivity contribution in [2.24, 2.45) is 4.99 Å². The topological polar surface area (TPSA) is 60.7 Å². The molecule has 0 fully saturated rings. The predicted octanol–water partition coefficient (Wildman–Crippen LogP) is 4.41. The summed E-state index contributed by atoms with van der Waals surface area (Å²) in [6, 6.07) is 18.5. The predicted molar refractivity (Wildman–Crippen MR) is 118 cm³/mol. The molecule has 0 unspecified atom stereocenters. The number of fused-ring (bicyclic) bond motifs is 2. The molecule has 1 heterocycles. The van der Waals surface area contributed by atoms with Gasteiger partial charge in [0.25, 0.3) is 5.91 Å². The van der Waals surface area contributed by atoms with Gasteiger partial charge in [-0.05, 0) is 42.0 Å². The van der Waals surface area contributed by atoms with Gasteiger partial charge in [-0.15, -0.1) is 6.42 Å². The third-order valence-corrected chi connectivity index (χ3v) is 5.70. The number of ether oxygens (including phenoxy) is 1. The molecule has 4 aromatic rings. The Morgan fingerprint density at radius 1 is 1.13 bits per heavy atom. The molecule has 30 heavy (non-hydrogen) atoms. The summed E-state index contributed by atoms with van der Waals surface area (Å²) in [5.41, 5.74) is 1.80. The number of terminal acetylenes is 1. The summed E-state index contributed by atoms with van der Waals surface area (Å²) in [6.45, 7) is 2.33. The minimum atomic E-state index is -0.387. The highest BCUT2D eigenvalue weighted by atomic mass is 32.1. The number of esters is 1. The van der Waals surface area contributed by atoms with E-state index in [4.69, 9.17) is 11.2 Å². The lowest BCUT2D eigenvalue weighted by molar-refractivity contribution is 0.0526. The molecule has 0 atom stereocenters. The van der Waals surface area contributed by atoms with Gasteiger partial charge in [-0.25, -0.2) is 4.79 Å². The van der Waals surface area contributed by atoms with E-state index in [9.17, 15) is 9.59 Å². The largest absolute Gasteiger partial charge is 0.462 e. The number of rotatable bonds is 4. The zero-order valence-corrected chi connectivity index (χ0v) is 17.1. The van der Waals surface area contributed by atoms with Gasteiger partial charge in [0.05, 0.1) is 28.9 Å². The summed E-state index contributed by atoms with van der Waals surface area (Å²) in [6.07, 6.45) is 5.55. The van der Waals surface area contributed by atoms with Crippen molar-refractivity contribution in [1.29, 1.82) is 0 Å². The monoisotopic (exact) mass is 414 g/mol. The van der Waals surface area contributed by atoms with Crippen molar-refractivity contribution in [3.63, 3.8) is 0 Å². The summed E-state index contributed by atoms with van der Waals surface area (Å²) < 4.78 is 7.68. The first-order chi connectivity index (χ1) is 14.6. The molecule has 0 aliphatic rings. The summed E-state index contributed by atoms with van der Waals surface area (Å²) in [7, 11) is 0. The second kappa shape index (κ2) is 8.36. The zero-order chi connectivity index (χ0) is 21.1. The van der Waals surface area contributed by atoms with Crippen LogP contribution in [0.3, 0.4) is 0 Å². The molecule has 0 aliphatic heterocycles. The van der Waals surface area contributed by atoms with E-state index in [2.05, 4.69) is 10.9 Å². The van der Waals surface area contributed by atoms with Crippen molar-refractivity contribution in [1.82, 2.24) is 4.57 Å². The van der Waals surface area contributed by atoms with E-state index < -0.39 is 0 Å². The van der Waals surface area contributed by atoms with E-state index in [0.717, 1.165) is 21.0 Å². The highest BCUT2D eigenvalue weighted by molar-refractivity contribution is 7.16. The SMILES string of the molecule is C#CCn1c(=NC(=O)c2cccc3ccccc23)sc2cc(C(=O)OCC)ccc21. The number of benzene rings is 3. The van der Waals surface area contributed by atoms with Crippen LogP contribution in [0.25, 0.3) is 21.0 Å². The molecule has 0 spiro atoms. The van der Waals surface area contributed by atoms with Crippen molar-refractivity contribution < 1.29 is 14.3 Å². The molecule has 148 valence electrons. The maximum Gasteiger partial charge on any atom is 0.338 e. The number of amides is 1. The fraction of sp³-hybridized carbons (Fsp3) is 0.125. The Morgan fingerprint density at radius 2 is 1.93 bits per heavy atom. The Labute approximate surface area is 177 Å². The van der Waals surface area contributed by atoms with Crippen LogP contribution in [0.15, 0.2) is 65.7 Å². The maximum absolute atomic E-state index is 13.0. The number of carbonyl (C=O) groups excluding carboxylic acids is 2. The summed E-state index contributed by atoms with van der Waals surface area (Å²) in [5.74, 6) is 1.88. The molecule has 0 N–H and O–H groups in total. The molecule has 0 bridgehead atoms. The van der Waals surface area contributed by atoms with Crippen molar-refractivity contribution in [3.8, 4) is 12.3 Å². The van der Waals surface area contributed by atoms with Gasteiger partial charge in [-0.1, -0.05) is 53.7 Å². The Kier molecular flexibility index (Phi) is 5.46. The maximum atomic E-state index is 13.0. The third kappa shape index (κ3) is 3.63. The first-order valence-electron chi connectivity index (χ1n) is 9.43. The first-order valence-corrected chi connectivity index (χ1v) is 10.2. The zero-order valence-electron chi connectivity index (χ0n) is 16.3. The van der Waals surface area contributed by atoms with Crippen LogP contribution < -0.4 is 4.80 Å². The molecule has 1 amide bonds. The van der Waals surface area contributed by atoms with Crippen molar-refractivity contribution in [2.45, 2.75) is 13.5 Å². The molecule has 1 aromatic heterocycles. The van der Waals surface area contributed by atoms with Gasteiger partial charge in [-0.3, -0.25) is 4.79 Å². The highest BCUT2D eigenvalue weighted by Crippen LogP contribution is 2.22. The van der Waals surface area contributed by atoms with Crippen molar-refractivity contribution in [2.75, 3.05) is 6.61 Å². The van der Waals surface area contributed by atoms with Crippen LogP contribution in [0.2, 0.25) is 0 Å². The van der Waals surface area contributed by atoms with Crippen LogP contribution in [0.1, 0.15) is 27.6 Å². The minimum absolute atomic E-state index is 0.264. The van der Waals surface area contributed by atoms with E-state index in [1.54, 1.807) is 35.8 Å². The van der Waals surface area contributed by atoms with E-state index in [1.807, 2.05) is 36.4 Å². The van der Waals surface area contributed by atoms with E-state index in [1.165, 1.54) is 11.3 Å². The molecule has 6 heteroatoms. The molecular formula is C24H18N2O3S. The minimum Gasteiger partial charge on any atom is -0.462 e. The number of hydrogen-bond acceptors (Lipinski definition) is 4. The van der Waals surface area contributed by atoms with Gasteiger partial charge in [0.1, 0.15) is 0 Å². The molecule has 5 nitrogen and oxygen atoms in total. The summed E-state index contributed by atoms with van der Waals surface area (Å²) in [5, 5.41) is 1.83. The molecule has 0 saturated heterocycles. The van der Waals surface area contributed by atoms with Gasteiger partial charge >= 0.3 is 5.97 Å². The van der Waals surface area contributed by atoms with Crippen LogP contribution in [-0.2, 0) is 11.3 Å². The molecule has 0 saturated carbocycles. The second-order valence-electron chi connectivity index (χ2n) is 6.52. The van der Waals surface area contributed by atoms with Gasteiger partial charge < -0.3 is 9.30 Å². The Balaban J connectivity index is 1.85. The van der Waals surface area contributed by atoms with Crippen LogP contribution in [-0.4, -0.2) is 23.1 Å². The van der Waals surface area contributed by atoms with Crippen molar-refractivity contribution in [3.05, 3.63) is 76.6 Å². The smallest absolute Gasteiger partial charge is 0.338 e. The summed E-state index contributed by atoms with van der Waals surface area (Å²) in [4.78, 5) is 29.9. The quantitative estimate of drug-likeness (QED) is 0.367. The van der Waals surface area contributed by atoms with E-state index in [0.29, 0.717) is 22.5 Å². The number of thiazole rings is 1. The van der Waals surface area contributed by atoms with Crippen LogP contribution in [0.4, 0.5) is 0 Å². The standard InChI is InChI=1S/C24H18N2O3S/c1-3-14-26-20-13-12-17(23(28)29-4-2)15-21(20)30-24(26)25-22(27)19-11-7-9-16-8-5-6-10-18(16)19/h1,5-13,15H,4,14H2,2H3. The summed E-state index contributed by atoms with van der Waals surface area (Å²) >= 11 is 1.31. The molecular weight excluding hydrogens is 396 g/mol. The average Bonchev–Trinajstić information content (AvgIpc) is 3.10. The van der Waals surface area contributed by atoms with E-state index >= 15 is 0 Å². The highest BCUT2D eigenvalue weighted by Gasteiger charge is 2.13. The van der Waals surface area contributed by atoms with Gasteiger partial charge in [-0.2, -0.15) is 4.99 Å². The van der Waals surface area contributed by atoms with Gasteiger partial charge in [0, 0.05) is 5.56 Å². The molecule has 0 aliphatic carbocycles. The lowest BCUT2D eigenvalue weighted by Gasteiger charge is -2.03. The third-order valence-electron chi connectivity index (χ3n) is 4.66. The van der Waals surface area contributed by atoms with E-state index in [-0.39, 0.29) is 18.4 Å². The molecule has 0 radical (unpaired) electrons. The Morgan fingerprint density at radius 3 is 2.73 bits per heavy atom. The first kappa shape index (κ1) is 19.6. The number of hydrogen-bond donors (Lipinski definition) is 0. The Bertz CT molecular complexity index is 1380. The number of aromatic nitrogens is 1. The lowest BCUT2D eigenvalue weighted by Crippen LogP contribution is -2.16. The fourth-order valence-corrected chi connectivity index (χ4v) is 4.37. The van der Waals surface area contributed by atoms with Gasteiger partial charge in [0.15, 0.2) is 4.80 Å². The van der Waals surface area contributed by atoms with Crippen LogP contribution in [0, 0.1) is 12.3 Å². The molecule has 4 rings (SSSR count). The second-order valence-corrected chi connectivity index (χ2v) is 7.53. The number of nitrogens with zero attached hydrogens (tertiary/aromatic N) is 2. The van der Waals surface area contributed by atoms with Crippen LogP contribution >= 0.6 is 11.3 Å². The average molecular weight is 414 g/mol. The Hall–Kier alpha value is -3.69. The van der Waals surface area contributed by atoms with Crippen LogP contribution in [0.5, 0.6) is 0 Å². The normalized spacial score (nSPS) is 11.5. The number of carbonyl (C=O) groups is 2. The lowest BCUT2D eigenvalue weighted by atomic mass is 10.0. The van der Waals surface area contributed by atoms with Gasteiger partial charge in [0.2, 0.25) is 0 Å².